The lowest BCUT2D eigenvalue weighted by Crippen LogP contribution is -2.69. The zero-order chi connectivity index (χ0) is 73.0. The maximum absolute atomic E-state index is 16.4. The summed E-state index contributed by atoms with van der Waals surface area (Å²) in [7, 11) is 1.75. The molecule has 6 saturated heterocycles. The van der Waals surface area contributed by atoms with Crippen LogP contribution >= 0.6 is 0 Å². The highest BCUT2D eigenvalue weighted by atomic mass is 16.8. The number of allylic oxidation sites excluding steroid dienone is 2. The number of hydrogen-bond donors (Lipinski definition) is 0. The number of aldehydes is 1. The van der Waals surface area contributed by atoms with Crippen LogP contribution in [0.4, 0.5) is 0 Å². The van der Waals surface area contributed by atoms with E-state index in [0.717, 1.165) is 50.5 Å². The van der Waals surface area contributed by atoms with Crippen molar-refractivity contribution in [2.24, 2.45) is 103 Å². The highest BCUT2D eigenvalue weighted by Crippen LogP contribution is 2.76. The molecule has 20 heteroatoms. The van der Waals surface area contributed by atoms with Gasteiger partial charge < -0.3 is 71.1 Å². The molecule has 0 aromatic heterocycles. The third-order valence-electron chi connectivity index (χ3n) is 29.4. The molecule has 6 heterocycles. The molecule has 4 saturated carbocycles. The zero-order valence-corrected chi connectivity index (χ0v) is 64.8. The molecule has 0 N–H and O–H groups in total. The number of carbonyl (C=O) groups is 3. The van der Waals surface area contributed by atoms with Crippen LogP contribution in [0.3, 0.4) is 0 Å². The van der Waals surface area contributed by atoms with Gasteiger partial charge >= 0.3 is 5.97 Å². The monoisotopic (exact) mass is 1410 g/mol. The second-order valence-corrected chi connectivity index (χ2v) is 35.9. The Balaban J connectivity index is 0.835. The van der Waals surface area contributed by atoms with Crippen LogP contribution in [-0.4, -0.2) is 148 Å². The van der Waals surface area contributed by atoms with Gasteiger partial charge in [-0.05, 0) is 178 Å². The molecule has 1 aromatic rings. The van der Waals surface area contributed by atoms with Gasteiger partial charge in [0.05, 0.1) is 61.3 Å². The molecule has 566 valence electrons. The first-order chi connectivity index (χ1) is 47.7. The molecule has 0 spiro atoms. The van der Waals surface area contributed by atoms with E-state index in [0.29, 0.717) is 62.6 Å². The quantitative estimate of drug-likeness (QED) is 0.0238. The number of esters is 1. The van der Waals surface area contributed by atoms with Crippen LogP contribution < -0.4 is 0 Å². The fourth-order valence-corrected chi connectivity index (χ4v) is 22.4. The standard InChI is InChI=1S/C81H125N3O17/c1-22-55-45(6)44(5)47(8)70(92-55)98-67-63(96-69-46(7)43(4)42(3)39-90-69)49(10)62(50(11)86)95-72(67)94-59-32-33-77(17)57(78(59,18)41-85)31-34-79(19)58(77)30-29-53-54-37-75(13,14)35-36-81(54,60(88-21)38-80(53,79)20)74(87)99-71-64(48(9)61(83-84-82)56(23-2)93-71)97-73-68-66(100-76(15,16)101-68)65(51(12)91-73)89-40-52-27-25-24-26-28-52/h24-29,41-49,51,54-73H,22-23,30-40H2,1-21H3/t42-,43+,44+,45-,46?,47?,48?,49-,51?,54?,55?,56?,57-,58?,59+,60?,61-,62?,63+,64?,65+,66?,67?,68?,69+,70+,71+,72-,73+,77?,78-,79?,80-,81-/m1/s1. The van der Waals surface area contributed by atoms with Crippen LogP contribution in [0.5, 0.6) is 0 Å². The van der Waals surface area contributed by atoms with Gasteiger partial charge in [-0.3, -0.25) is 9.59 Å². The van der Waals surface area contributed by atoms with Crippen molar-refractivity contribution < 1.29 is 80.7 Å². The molecule has 11 aliphatic rings. The Bertz CT molecular complexity index is 3180. The normalized spacial score (nSPS) is 50.0. The van der Waals surface area contributed by atoms with Gasteiger partial charge in [0.25, 0.3) is 0 Å². The molecule has 101 heavy (non-hydrogen) atoms. The topological polar surface area (TPSA) is 229 Å². The number of benzene rings is 1. The smallest absolute Gasteiger partial charge is 0.317 e. The van der Waals surface area contributed by atoms with Crippen molar-refractivity contribution in [3.8, 4) is 0 Å². The second-order valence-electron chi connectivity index (χ2n) is 35.9. The molecule has 34 atom stereocenters. The summed E-state index contributed by atoms with van der Waals surface area (Å²) >= 11 is 0. The van der Waals surface area contributed by atoms with Gasteiger partial charge in [-0.1, -0.05) is 158 Å². The SMILES string of the molecule is CCC1O[C@@H](OC(=O)[C@]23CCC(C)(C)CC2C2=CCC4C5(C)CC[C@H](O[C@@H]6OC(C(C)=O)[C@@H](C)[C@H](O[C@@H]7OC[C@@H](C)[C@H](C)C7C)C6O[C@@H]6OC(CC)[C@H](C)[C@H](C)C6C)[C@](C)(C=O)[C@@H]5CCC4(C)[C@]2(C)CC3OC)C(O[C@@H]2OC(C)[C@H](OCc3ccccc3)C3OC(C)(C)OC32)C(C)[C@H]1N=[N+]=[N-]. The number of azide groups is 1. The van der Waals surface area contributed by atoms with E-state index in [2.05, 4.69) is 106 Å². The molecule has 0 amide bonds. The van der Waals surface area contributed by atoms with Crippen LogP contribution in [0, 0.1) is 97.6 Å². The van der Waals surface area contributed by atoms with Crippen molar-refractivity contribution in [1.29, 1.82) is 0 Å². The predicted octanol–water partition coefficient (Wildman–Crippen LogP) is 15.2. The summed E-state index contributed by atoms with van der Waals surface area (Å²) < 4.78 is 97.0. The minimum Gasteiger partial charge on any atom is -0.432 e. The molecule has 5 aliphatic carbocycles. The first-order valence-electron chi connectivity index (χ1n) is 39.0. The Hall–Kier alpha value is -3.44. The number of fused-ring (bicyclic) bond motifs is 8. The molecule has 20 nitrogen and oxygen atoms in total. The second kappa shape index (κ2) is 29.3. The van der Waals surface area contributed by atoms with Crippen molar-refractivity contribution in [2.75, 3.05) is 13.7 Å². The third kappa shape index (κ3) is 13.4. The number of ether oxygens (including phenoxy) is 14. The minimum absolute atomic E-state index is 0.0208. The highest BCUT2D eigenvalue weighted by Gasteiger charge is 2.73. The van der Waals surface area contributed by atoms with Crippen molar-refractivity contribution in [3.05, 3.63) is 58.0 Å². The van der Waals surface area contributed by atoms with Crippen LogP contribution in [0.1, 0.15) is 215 Å². The highest BCUT2D eigenvalue weighted by molar-refractivity contribution is 5.81. The minimum atomic E-state index is -1.23. The van der Waals surface area contributed by atoms with Crippen molar-refractivity contribution in [3.63, 3.8) is 0 Å². The Morgan fingerprint density at radius 2 is 1.33 bits per heavy atom. The number of rotatable bonds is 19. The number of nitrogens with zero attached hydrogens (tertiary/aromatic N) is 3. The number of Topliss-reactive ketones (excluding diaryl/α,β-unsaturated/α-hetero) is 1. The summed E-state index contributed by atoms with van der Waals surface area (Å²) in [6, 6.07) is 9.32. The van der Waals surface area contributed by atoms with E-state index in [9.17, 15) is 15.1 Å². The van der Waals surface area contributed by atoms with Gasteiger partial charge in [0.2, 0.25) is 6.29 Å². The van der Waals surface area contributed by atoms with Crippen LogP contribution in [-0.2, 0) is 87.3 Å². The fourth-order valence-electron chi connectivity index (χ4n) is 22.4. The van der Waals surface area contributed by atoms with Crippen molar-refractivity contribution >= 4 is 18.0 Å². The van der Waals surface area contributed by atoms with Gasteiger partial charge in [0.1, 0.15) is 48.3 Å². The third-order valence-corrected chi connectivity index (χ3v) is 29.4. The molecule has 1 aromatic carbocycles. The average molecular weight is 1410 g/mol. The molecular formula is C81H125N3O17. The van der Waals surface area contributed by atoms with E-state index >= 15 is 4.79 Å². The zero-order valence-electron chi connectivity index (χ0n) is 64.8. The van der Waals surface area contributed by atoms with E-state index in [4.69, 9.17) is 66.3 Å². The molecule has 16 unspecified atom stereocenters. The predicted molar refractivity (Wildman–Crippen MR) is 378 cm³/mol. The summed E-state index contributed by atoms with van der Waals surface area (Å²) in [6.07, 6.45) is -0.578. The summed E-state index contributed by atoms with van der Waals surface area (Å²) in [5.74, 6) is -1.28. The maximum Gasteiger partial charge on any atom is 0.317 e. The Labute approximate surface area is 602 Å². The molecule has 10 fully saturated rings. The van der Waals surface area contributed by atoms with Crippen LogP contribution in [0.15, 0.2) is 47.1 Å². The number of methoxy groups -OCH3 is 1. The van der Waals surface area contributed by atoms with Gasteiger partial charge in [-0.25, -0.2) is 0 Å². The number of carbonyl (C=O) groups excluding carboxylic acids is 3. The Kier molecular flexibility index (Phi) is 22.4. The summed E-state index contributed by atoms with van der Waals surface area (Å²) in [5.41, 5.74) is 9.07. The van der Waals surface area contributed by atoms with E-state index in [1.54, 1.807) is 14.0 Å². The van der Waals surface area contributed by atoms with Gasteiger partial charge in [-0.15, -0.1) is 0 Å². The summed E-state index contributed by atoms with van der Waals surface area (Å²) in [5, 5.41) is 4.30. The van der Waals surface area contributed by atoms with E-state index in [-0.39, 0.29) is 57.7 Å². The van der Waals surface area contributed by atoms with E-state index in [1.807, 2.05) is 71.9 Å². The van der Waals surface area contributed by atoms with E-state index < -0.39 is 144 Å². The lowest BCUT2D eigenvalue weighted by atomic mass is 9.33. The molecule has 12 rings (SSSR count). The number of hydrogen-bond acceptors (Lipinski definition) is 18. The molecule has 0 bridgehead atoms. The first kappa shape index (κ1) is 77.2. The van der Waals surface area contributed by atoms with Gasteiger partial charge in [0, 0.05) is 29.8 Å². The summed E-state index contributed by atoms with van der Waals surface area (Å²) in [4.78, 5) is 48.2. The molecular weight excluding hydrogens is 1290 g/mol. The largest absolute Gasteiger partial charge is 0.432 e. The Morgan fingerprint density at radius 3 is 2.00 bits per heavy atom. The van der Waals surface area contributed by atoms with Crippen molar-refractivity contribution in [1.82, 2.24) is 0 Å². The van der Waals surface area contributed by atoms with Crippen LogP contribution in [0.2, 0.25) is 0 Å². The molecule has 6 aliphatic heterocycles. The average Bonchev–Trinajstić information content (AvgIpc) is 0.786. The van der Waals surface area contributed by atoms with Gasteiger partial charge in [-0.2, -0.15) is 0 Å². The maximum atomic E-state index is 16.4. The van der Waals surface area contributed by atoms with Gasteiger partial charge in [0.15, 0.2) is 36.7 Å². The lowest BCUT2D eigenvalue weighted by Gasteiger charge is -2.71. The lowest BCUT2D eigenvalue weighted by molar-refractivity contribution is -0.374. The van der Waals surface area contributed by atoms with E-state index in [1.165, 1.54) is 11.9 Å². The first-order valence-corrected chi connectivity index (χ1v) is 39.0. The molecule has 0 radical (unpaired) electrons. The fraction of sp³-hybridized carbons (Fsp3) is 0.864. The summed E-state index contributed by atoms with van der Waals surface area (Å²) in [6.45, 7) is 43.7. The number of ketones is 1. The van der Waals surface area contributed by atoms with Crippen LogP contribution in [0.25, 0.3) is 10.4 Å². The van der Waals surface area contributed by atoms with Crippen molar-refractivity contribution in [2.45, 2.75) is 332 Å². The Morgan fingerprint density at radius 1 is 0.653 bits per heavy atom.